The van der Waals surface area contributed by atoms with Gasteiger partial charge < -0.3 is 14.2 Å². The van der Waals surface area contributed by atoms with E-state index in [0.717, 1.165) is 5.39 Å². The third-order valence-corrected chi connectivity index (χ3v) is 3.44. The summed E-state index contributed by atoms with van der Waals surface area (Å²) < 4.78 is 16.6. The fourth-order valence-corrected chi connectivity index (χ4v) is 2.32. The van der Waals surface area contributed by atoms with Crippen molar-refractivity contribution in [2.24, 2.45) is 0 Å². The fraction of sp³-hybridized carbons (Fsp3) is 0.118. The fourth-order valence-electron chi connectivity index (χ4n) is 2.32. The molecular formula is C17H14N2O5. The number of aromatic nitrogens is 1. The van der Waals surface area contributed by atoms with Crippen LogP contribution in [0, 0.1) is 10.1 Å². The lowest BCUT2D eigenvalue weighted by atomic mass is 10.2. The van der Waals surface area contributed by atoms with E-state index in [1.807, 2.05) is 24.3 Å². The second-order valence-electron chi connectivity index (χ2n) is 4.85. The summed E-state index contributed by atoms with van der Waals surface area (Å²) in [6.07, 6.45) is 0. The Balaban J connectivity index is 2.11. The Kier molecular flexibility index (Phi) is 4.15. The number of nitro benzene ring substituents is 1. The Morgan fingerprint density at radius 3 is 2.29 bits per heavy atom. The number of benzene rings is 2. The lowest BCUT2D eigenvalue weighted by molar-refractivity contribution is -0.384. The van der Waals surface area contributed by atoms with Crippen LogP contribution in [0.1, 0.15) is 0 Å². The molecule has 0 aliphatic carbocycles. The van der Waals surface area contributed by atoms with Crippen molar-refractivity contribution in [1.82, 2.24) is 4.98 Å². The highest BCUT2D eigenvalue weighted by atomic mass is 16.6. The molecule has 2 aromatic carbocycles. The highest BCUT2D eigenvalue weighted by Gasteiger charge is 2.19. The number of hydrogen-bond acceptors (Lipinski definition) is 6. The van der Waals surface area contributed by atoms with Crippen molar-refractivity contribution >= 4 is 16.6 Å². The Bertz CT molecular complexity index is 893. The zero-order valence-corrected chi connectivity index (χ0v) is 13.1. The normalized spacial score (nSPS) is 10.4. The van der Waals surface area contributed by atoms with Crippen LogP contribution in [0.2, 0.25) is 0 Å². The van der Waals surface area contributed by atoms with Crippen LogP contribution in [-0.2, 0) is 0 Å². The maximum atomic E-state index is 10.7. The third kappa shape index (κ3) is 2.79. The van der Waals surface area contributed by atoms with E-state index in [-0.39, 0.29) is 5.69 Å². The highest BCUT2D eigenvalue weighted by molar-refractivity contribution is 5.89. The molecule has 0 saturated carbocycles. The molecule has 0 radical (unpaired) electrons. The van der Waals surface area contributed by atoms with E-state index >= 15 is 0 Å². The van der Waals surface area contributed by atoms with E-state index < -0.39 is 4.92 Å². The van der Waals surface area contributed by atoms with Crippen LogP contribution in [0.15, 0.2) is 48.5 Å². The molecule has 0 aliphatic rings. The van der Waals surface area contributed by atoms with Crippen LogP contribution in [0.25, 0.3) is 10.9 Å². The number of nitro groups is 1. The number of nitrogens with zero attached hydrogens (tertiary/aromatic N) is 2. The lowest BCUT2D eigenvalue weighted by Crippen LogP contribution is -1.98. The molecule has 0 fully saturated rings. The van der Waals surface area contributed by atoms with Crippen molar-refractivity contribution in [2.75, 3.05) is 14.2 Å². The van der Waals surface area contributed by atoms with Crippen LogP contribution in [-0.4, -0.2) is 24.1 Å². The predicted octanol–water partition coefficient (Wildman–Crippen LogP) is 3.95. The van der Waals surface area contributed by atoms with Gasteiger partial charge in [-0.1, -0.05) is 12.1 Å². The highest BCUT2D eigenvalue weighted by Crippen LogP contribution is 2.43. The van der Waals surface area contributed by atoms with Crippen molar-refractivity contribution in [3.8, 4) is 23.1 Å². The van der Waals surface area contributed by atoms with Gasteiger partial charge in [-0.25, -0.2) is 4.98 Å². The first-order valence-corrected chi connectivity index (χ1v) is 7.07. The van der Waals surface area contributed by atoms with Gasteiger partial charge in [-0.15, -0.1) is 0 Å². The van der Waals surface area contributed by atoms with Crippen LogP contribution in [0.5, 0.6) is 23.1 Å². The molecule has 1 heterocycles. The number of para-hydroxylation sites is 1. The first kappa shape index (κ1) is 15.5. The number of ether oxygens (including phenoxy) is 3. The molecule has 0 atom stereocenters. The van der Waals surface area contributed by atoms with Crippen molar-refractivity contribution in [2.45, 2.75) is 0 Å². The Morgan fingerprint density at radius 1 is 0.958 bits per heavy atom. The molecule has 0 N–H and O–H groups in total. The summed E-state index contributed by atoms with van der Waals surface area (Å²) >= 11 is 0. The molecule has 0 amide bonds. The third-order valence-electron chi connectivity index (χ3n) is 3.44. The zero-order valence-electron chi connectivity index (χ0n) is 13.1. The summed E-state index contributed by atoms with van der Waals surface area (Å²) in [7, 11) is 2.99. The summed E-state index contributed by atoms with van der Waals surface area (Å²) in [5, 5.41) is 11.5. The van der Waals surface area contributed by atoms with Crippen LogP contribution >= 0.6 is 0 Å². The van der Waals surface area contributed by atoms with Gasteiger partial charge in [0.1, 0.15) is 5.75 Å². The van der Waals surface area contributed by atoms with Crippen molar-refractivity contribution in [3.63, 3.8) is 0 Å². The molecule has 0 saturated heterocycles. The summed E-state index contributed by atoms with van der Waals surface area (Å²) in [5.41, 5.74) is 0.679. The monoisotopic (exact) mass is 326 g/mol. The van der Waals surface area contributed by atoms with Crippen LogP contribution in [0.4, 0.5) is 5.69 Å². The van der Waals surface area contributed by atoms with E-state index in [0.29, 0.717) is 28.6 Å². The number of fused-ring (bicyclic) bond motifs is 1. The number of non-ortho nitro benzene ring substituents is 1. The average Bonchev–Trinajstić information content (AvgIpc) is 2.61. The SMILES string of the molecule is COc1nc2ccccc2c(Oc2ccc([N+](=O)[O-])cc2)c1OC. The molecule has 122 valence electrons. The van der Waals surface area contributed by atoms with E-state index in [1.165, 1.54) is 38.5 Å². The number of rotatable bonds is 5. The first-order valence-electron chi connectivity index (χ1n) is 7.07. The Labute approximate surface area is 137 Å². The molecular weight excluding hydrogens is 312 g/mol. The van der Waals surface area contributed by atoms with E-state index in [2.05, 4.69) is 4.98 Å². The standard InChI is InChI=1S/C17H14N2O5/c1-22-16-15(24-12-9-7-11(8-10-12)19(20)21)13-5-3-4-6-14(13)18-17(16)23-2/h3-10H,1-2H3. The molecule has 0 bridgehead atoms. The number of hydrogen-bond donors (Lipinski definition) is 0. The second-order valence-corrected chi connectivity index (χ2v) is 4.85. The van der Waals surface area contributed by atoms with Gasteiger partial charge in [-0.2, -0.15) is 0 Å². The number of pyridine rings is 1. The Morgan fingerprint density at radius 2 is 1.67 bits per heavy atom. The topological polar surface area (TPSA) is 83.7 Å². The van der Waals surface area contributed by atoms with Crippen LogP contribution in [0.3, 0.4) is 0 Å². The van der Waals surface area contributed by atoms with Gasteiger partial charge in [0.15, 0.2) is 5.75 Å². The van der Waals surface area contributed by atoms with Gasteiger partial charge in [0.2, 0.25) is 5.75 Å². The van der Waals surface area contributed by atoms with Gasteiger partial charge in [-0.3, -0.25) is 10.1 Å². The molecule has 24 heavy (non-hydrogen) atoms. The minimum absolute atomic E-state index is 0.00789. The van der Waals surface area contributed by atoms with Gasteiger partial charge in [0.05, 0.1) is 24.7 Å². The lowest BCUT2D eigenvalue weighted by Gasteiger charge is -2.15. The van der Waals surface area contributed by atoms with E-state index in [9.17, 15) is 10.1 Å². The molecule has 0 aliphatic heterocycles. The molecule has 3 aromatic rings. The smallest absolute Gasteiger partial charge is 0.269 e. The minimum atomic E-state index is -0.463. The summed E-state index contributed by atoms with van der Waals surface area (Å²) in [6, 6.07) is 13.2. The number of methoxy groups -OCH3 is 2. The quantitative estimate of drug-likeness (QED) is 0.521. The first-order chi connectivity index (χ1) is 11.6. The second kappa shape index (κ2) is 6.41. The molecule has 0 unspecified atom stereocenters. The minimum Gasteiger partial charge on any atom is -0.489 e. The predicted molar refractivity (Wildman–Crippen MR) is 88.0 cm³/mol. The molecule has 7 nitrogen and oxygen atoms in total. The Hall–Kier alpha value is -3.35. The maximum Gasteiger partial charge on any atom is 0.269 e. The van der Waals surface area contributed by atoms with E-state index in [1.54, 1.807) is 0 Å². The molecule has 1 aromatic heterocycles. The molecule has 7 heteroatoms. The largest absolute Gasteiger partial charge is 0.489 e. The zero-order chi connectivity index (χ0) is 17.1. The van der Waals surface area contributed by atoms with Gasteiger partial charge in [0, 0.05) is 17.5 Å². The summed E-state index contributed by atoms with van der Waals surface area (Å²) in [4.78, 5) is 14.7. The van der Waals surface area contributed by atoms with Gasteiger partial charge >= 0.3 is 0 Å². The van der Waals surface area contributed by atoms with Crippen molar-refractivity contribution in [3.05, 3.63) is 58.6 Å². The molecule has 3 rings (SSSR count). The maximum absolute atomic E-state index is 10.7. The average molecular weight is 326 g/mol. The van der Waals surface area contributed by atoms with Crippen molar-refractivity contribution in [1.29, 1.82) is 0 Å². The summed E-state index contributed by atoms with van der Waals surface area (Å²) in [6.45, 7) is 0. The van der Waals surface area contributed by atoms with Gasteiger partial charge in [-0.05, 0) is 24.3 Å². The van der Waals surface area contributed by atoms with E-state index in [4.69, 9.17) is 14.2 Å². The summed E-state index contributed by atoms with van der Waals surface area (Å²) in [5.74, 6) is 1.54. The van der Waals surface area contributed by atoms with Gasteiger partial charge in [0.25, 0.3) is 11.6 Å². The van der Waals surface area contributed by atoms with Crippen LogP contribution < -0.4 is 14.2 Å². The van der Waals surface area contributed by atoms with Crippen molar-refractivity contribution < 1.29 is 19.1 Å². The molecule has 0 spiro atoms.